The van der Waals surface area contributed by atoms with Crippen molar-refractivity contribution in [1.29, 1.82) is 0 Å². The van der Waals surface area contributed by atoms with Gasteiger partial charge in [-0.25, -0.2) is 4.79 Å². The highest BCUT2D eigenvalue weighted by atomic mass is 16.4. The van der Waals surface area contributed by atoms with Crippen LogP contribution in [0.15, 0.2) is 33.5 Å². The molecule has 17 heavy (non-hydrogen) atoms. The molecule has 2 heterocycles. The van der Waals surface area contributed by atoms with E-state index >= 15 is 0 Å². The molecule has 0 N–H and O–H groups in total. The minimum absolute atomic E-state index is 0.259. The molecule has 0 unspecified atom stereocenters. The lowest BCUT2D eigenvalue weighted by Crippen LogP contribution is -2.19. The fourth-order valence-electron chi connectivity index (χ4n) is 2.47. The van der Waals surface area contributed by atoms with Crippen molar-refractivity contribution in [3.63, 3.8) is 0 Å². The molecule has 1 fully saturated rings. The normalized spacial score (nSPS) is 15.7. The van der Waals surface area contributed by atoms with Crippen LogP contribution in [0, 0.1) is 6.92 Å². The maximum atomic E-state index is 11.6. The maximum Gasteiger partial charge on any atom is 0.338 e. The Morgan fingerprint density at radius 3 is 2.71 bits per heavy atom. The predicted molar refractivity (Wildman–Crippen MR) is 68.7 cm³/mol. The first-order valence-corrected chi connectivity index (χ1v) is 6.03. The van der Waals surface area contributed by atoms with Gasteiger partial charge in [0.15, 0.2) is 0 Å². The van der Waals surface area contributed by atoms with Gasteiger partial charge < -0.3 is 9.32 Å². The van der Waals surface area contributed by atoms with Gasteiger partial charge in [-0.1, -0.05) is 6.07 Å². The Kier molecular flexibility index (Phi) is 2.39. The zero-order valence-electron chi connectivity index (χ0n) is 9.90. The summed E-state index contributed by atoms with van der Waals surface area (Å²) in [6, 6.07) is 7.64. The third-order valence-corrected chi connectivity index (χ3v) is 3.32. The number of hydrogen-bond donors (Lipinski definition) is 0. The summed E-state index contributed by atoms with van der Waals surface area (Å²) >= 11 is 0. The van der Waals surface area contributed by atoms with E-state index < -0.39 is 0 Å². The summed E-state index contributed by atoms with van der Waals surface area (Å²) in [5.41, 5.74) is 2.57. The van der Waals surface area contributed by atoms with E-state index in [0.29, 0.717) is 5.58 Å². The molecule has 0 radical (unpaired) electrons. The molecular formula is C14H15NO2. The molecule has 3 nitrogen and oxygen atoms in total. The van der Waals surface area contributed by atoms with Gasteiger partial charge in [0.05, 0.1) is 5.69 Å². The molecule has 0 aliphatic carbocycles. The van der Waals surface area contributed by atoms with Crippen molar-refractivity contribution >= 4 is 16.7 Å². The fourth-order valence-corrected chi connectivity index (χ4v) is 2.47. The lowest BCUT2D eigenvalue weighted by atomic mass is 10.1. The second-order valence-electron chi connectivity index (χ2n) is 4.64. The number of hydrogen-bond acceptors (Lipinski definition) is 3. The Labute approximate surface area is 99.7 Å². The van der Waals surface area contributed by atoms with Crippen LogP contribution in [0.4, 0.5) is 5.69 Å². The van der Waals surface area contributed by atoms with E-state index in [-0.39, 0.29) is 5.63 Å². The number of fused-ring (bicyclic) bond motifs is 1. The number of rotatable bonds is 1. The van der Waals surface area contributed by atoms with E-state index in [1.54, 1.807) is 6.07 Å². The highest BCUT2D eigenvalue weighted by molar-refractivity contribution is 5.90. The van der Waals surface area contributed by atoms with Gasteiger partial charge in [0, 0.05) is 24.5 Å². The van der Waals surface area contributed by atoms with E-state index in [2.05, 4.69) is 11.0 Å². The minimum atomic E-state index is -0.259. The van der Waals surface area contributed by atoms with Gasteiger partial charge in [-0.2, -0.15) is 0 Å². The Balaban J connectivity index is 2.25. The number of nitrogens with zero attached hydrogens (tertiary/aromatic N) is 1. The summed E-state index contributed by atoms with van der Waals surface area (Å²) in [6.07, 6.45) is 2.40. The van der Waals surface area contributed by atoms with E-state index in [1.807, 2.05) is 19.1 Å². The molecule has 0 amide bonds. The van der Waals surface area contributed by atoms with Crippen molar-refractivity contribution in [2.75, 3.05) is 18.0 Å². The zero-order valence-corrected chi connectivity index (χ0v) is 9.90. The van der Waals surface area contributed by atoms with Crippen molar-refractivity contribution in [1.82, 2.24) is 0 Å². The van der Waals surface area contributed by atoms with Gasteiger partial charge in [-0.15, -0.1) is 0 Å². The first-order valence-electron chi connectivity index (χ1n) is 6.03. The zero-order chi connectivity index (χ0) is 11.8. The van der Waals surface area contributed by atoms with E-state index in [9.17, 15) is 4.79 Å². The topological polar surface area (TPSA) is 33.5 Å². The molecular weight excluding hydrogens is 214 g/mol. The number of aryl methyl sites for hydroxylation is 1. The van der Waals surface area contributed by atoms with E-state index in [0.717, 1.165) is 29.7 Å². The van der Waals surface area contributed by atoms with Crippen molar-refractivity contribution < 1.29 is 4.42 Å². The smallest absolute Gasteiger partial charge is 0.338 e. The van der Waals surface area contributed by atoms with Gasteiger partial charge in [0.1, 0.15) is 5.58 Å². The van der Waals surface area contributed by atoms with Crippen LogP contribution in [-0.2, 0) is 0 Å². The van der Waals surface area contributed by atoms with Crippen molar-refractivity contribution in [3.8, 4) is 0 Å². The summed E-state index contributed by atoms with van der Waals surface area (Å²) in [5.74, 6) is 0. The Hall–Kier alpha value is -1.77. The molecule has 0 atom stereocenters. The molecule has 0 saturated carbocycles. The quantitative estimate of drug-likeness (QED) is 0.705. The fraction of sp³-hybridized carbons (Fsp3) is 0.357. The molecule has 0 spiro atoms. The Morgan fingerprint density at radius 1 is 1.18 bits per heavy atom. The number of anilines is 1. The maximum absolute atomic E-state index is 11.6. The van der Waals surface area contributed by atoms with Crippen LogP contribution in [0.2, 0.25) is 0 Å². The first-order chi connectivity index (χ1) is 8.24. The molecule has 1 aliphatic rings. The largest absolute Gasteiger partial charge is 0.423 e. The third-order valence-electron chi connectivity index (χ3n) is 3.32. The lowest BCUT2D eigenvalue weighted by Gasteiger charge is -2.18. The Morgan fingerprint density at radius 2 is 1.94 bits per heavy atom. The summed E-state index contributed by atoms with van der Waals surface area (Å²) in [7, 11) is 0. The second kappa shape index (κ2) is 3.91. The Bertz CT molecular complexity index is 609. The molecule has 88 valence electrons. The van der Waals surface area contributed by atoms with Crippen LogP contribution in [0.25, 0.3) is 11.0 Å². The molecule has 0 bridgehead atoms. The first kappa shape index (κ1) is 10.4. The monoisotopic (exact) mass is 229 g/mol. The highest BCUT2D eigenvalue weighted by Gasteiger charge is 2.16. The summed E-state index contributed by atoms with van der Waals surface area (Å²) in [6.45, 7) is 4.07. The van der Waals surface area contributed by atoms with Gasteiger partial charge in [0.2, 0.25) is 0 Å². The molecule has 1 aliphatic heterocycles. The molecule has 3 rings (SSSR count). The number of benzene rings is 1. The third kappa shape index (κ3) is 1.82. The average molecular weight is 229 g/mol. The average Bonchev–Trinajstić information content (AvgIpc) is 2.80. The SMILES string of the molecule is Cc1ccc2c(N3CCCC3)cc(=O)oc2c1. The van der Waals surface area contributed by atoms with Gasteiger partial charge in [0.25, 0.3) is 0 Å². The van der Waals surface area contributed by atoms with Crippen molar-refractivity contribution in [2.45, 2.75) is 19.8 Å². The second-order valence-corrected chi connectivity index (χ2v) is 4.64. The van der Waals surface area contributed by atoms with Gasteiger partial charge >= 0.3 is 5.63 Å². The highest BCUT2D eigenvalue weighted by Crippen LogP contribution is 2.28. The lowest BCUT2D eigenvalue weighted by molar-refractivity contribution is 0.560. The molecule has 1 aromatic carbocycles. The van der Waals surface area contributed by atoms with Gasteiger partial charge in [-0.3, -0.25) is 0 Å². The molecule has 2 aromatic rings. The van der Waals surface area contributed by atoms with Crippen LogP contribution >= 0.6 is 0 Å². The van der Waals surface area contributed by atoms with Crippen LogP contribution in [-0.4, -0.2) is 13.1 Å². The van der Waals surface area contributed by atoms with Crippen LogP contribution < -0.4 is 10.5 Å². The van der Waals surface area contributed by atoms with Crippen LogP contribution in [0.3, 0.4) is 0 Å². The predicted octanol–water partition coefficient (Wildman–Crippen LogP) is 2.70. The summed E-state index contributed by atoms with van der Waals surface area (Å²) in [4.78, 5) is 13.9. The van der Waals surface area contributed by atoms with Crippen LogP contribution in [0.1, 0.15) is 18.4 Å². The molecule has 1 aromatic heterocycles. The van der Waals surface area contributed by atoms with Gasteiger partial charge in [-0.05, 0) is 37.5 Å². The molecule has 3 heteroatoms. The van der Waals surface area contributed by atoms with E-state index in [1.165, 1.54) is 12.8 Å². The minimum Gasteiger partial charge on any atom is -0.423 e. The van der Waals surface area contributed by atoms with E-state index in [4.69, 9.17) is 4.42 Å². The van der Waals surface area contributed by atoms with Crippen molar-refractivity contribution in [2.24, 2.45) is 0 Å². The summed E-state index contributed by atoms with van der Waals surface area (Å²) in [5, 5.41) is 1.04. The standard InChI is InChI=1S/C14H15NO2/c1-10-4-5-11-12(15-6-2-3-7-15)9-14(16)17-13(11)8-10/h4-5,8-9H,2-3,6-7H2,1H3. The van der Waals surface area contributed by atoms with Crippen molar-refractivity contribution in [3.05, 3.63) is 40.2 Å². The molecule has 1 saturated heterocycles. The van der Waals surface area contributed by atoms with Crippen LogP contribution in [0.5, 0.6) is 0 Å². The summed E-state index contributed by atoms with van der Waals surface area (Å²) < 4.78 is 5.26.